The van der Waals surface area contributed by atoms with Gasteiger partial charge >= 0.3 is 5.97 Å². The summed E-state index contributed by atoms with van der Waals surface area (Å²) in [5.41, 5.74) is 1.20. The second kappa shape index (κ2) is 5.83. The molecule has 1 heterocycles. The molecule has 1 saturated carbocycles. The molecule has 1 aromatic carbocycles. The molecular weight excluding hydrogens is 254 g/mol. The van der Waals surface area contributed by atoms with Crippen LogP contribution in [0, 0.1) is 11.8 Å². The summed E-state index contributed by atoms with van der Waals surface area (Å²) < 4.78 is 5.65. The van der Waals surface area contributed by atoms with Crippen molar-refractivity contribution in [2.45, 2.75) is 31.7 Å². The molecule has 20 heavy (non-hydrogen) atoms. The quantitative estimate of drug-likeness (QED) is 0.886. The molecule has 2 N–H and O–H groups in total. The van der Waals surface area contributed by atoms with E-state index in [1.165, 1.54) is 5.56 Å². The van der Waals surface area contributed by atoms with Crippen LogP contribution in [0.2, 0.25) is 0 Å². The van der Waals surface area contributed by atoms with Gasteiger partial charge in [-0.15, -0.1) is 0 Å². The molecule has 0 radical (unpaired) electrons. The summed E-state index contributed by atoms with van der Waals surface area (Å²) in [5, 5.41) is 12.8. The van der Waals surface area contributed by atoms with E-state index in [0.717, 1.165) is 44.6 Å². The average Bonchev–Trinajstić information content (AvgIpc) is 2.93. The zero-order valence-corrected chi connectivity index (χ0v) is 11.5. The number of hydrogen-bond acceptors (Lipinski definition) is 3. The second-order valence-electron chi connectivity index (χ2n) is 5.77. The van der Waals surface area contributed by atoms with Crippen molar-refractivity contribution in [2.24, 2.45) is 11.8 Å². The Bertz CT molecular complexity index is 488. The molecule has 0 spiro atoms. The Kier molecular flexibility index (Phi) is 3.92. The lowest BCUT2D eigenvalue weighted by molar-refractivity contribution is -0.142. The fraction of sp³-hybridized carbons (Fsp3) is 0.562. The van der Waals surface area contributed by atoms with Crippen molar-refractivity contribution in [3.8, 4) is 5.75 Å². The number of carbonyl (C=O) groups is 1. The van der Waals surface area contributed by atoms with E-state index in [-0.39, 0.29) is 17.9 Å². The Hall–Kier alpha value is -1.55. The molecule has 3 atom stereocenters. The first-order chi connectivity index (χ1) is 9.75. The van der Waals surface area contributed by atoms with Crippen LogP contribution in [0.1, 0.15) is 37.3 Å². The minimum Gasteiger partial charge on any atom is -0.493 e. The normalized spacial score (nSPS) is 28.7. The van der Waals surface area contributed by atoms with Crippen LogP contribution < -0.4 is 10.1 Å². The zero-order valence-electron chi connectivity index (χ0n) is 11.5. The van der Waals surface area contributed by atoms with Crippen molar-refractivity contribution in [3.05, 3.63) is 29.8 Å². The molecule has 3 rings (SSSR count). The maximum Gasteiger partial charge on any atom is 0.306 e. The molecule has 4 heteroatoms. The summed E-state index contributed by atoms with van der Waals surface area (Å²) in [5.74, 6) is 0.416. The Labute approximate surface area is 119 Å². The molecule has 0 saturated heterocycles. The maximum atomic E-state index is 11.2. The van der Waals surface area contributed by atoms with Crippen LogP contribution in [0.4, 0.5) is 0 Å². The van der Waals surface area contributed by atoms with E-state index in [4.69, 9.17) is 4.74 Å². The van der Waals surface area contributed by atoms with Gasteiger partial charge in [0.25, 0.3) is 0 Å². The van der Waals surface area contributed by atoms with Crippen LogP contribution in [-0.2, 0) is 4.79 Å². The van der Waals surface area contributed by atoms with E-state index < -0.39 is 5.97 Å². The third kappa shape index (κ3) is 2.66. The molecule has 2 aliphatic rings. The summed E-state index contributed by atoms with van der Waals surface area (Å²) in [6.07, 6.45) is 3.83. The van der Waals surface area contributed by atoms with Crippen molar-refractivity contribution < 1.29 is 14.6 Å². The molecule has 1 aliphatic carbocycles. The number of rotatable bonds is 4. The van der Waals surface area contributed by atoms with Gasteiger partial charge < -0.3 is 15.2 Å². The lowest BCUT2D eigenvalue weighted by Gasteiger charge is -2.28. The maximum absolute atomic E-state index is 11.2. The SMILES string of the molecule is O=C(O)C1CCCC1CNC1CCOc2ccccc21. The van der Waals surface area contributed by atoms with E-state index in [1.54, 1.807) is 0 Å². The molecule has 0 amide bonds. The largest absolute Gasteiger partial charge is 0.493 e. The third-order valence-corrected chi connectivity index (χ3v) is 4.56. The average molecular weight is 275 g/mol. The van der Waals surface area contributed by atoms with Crippen molar-refractivity contribution in [2.75, 3.05) is 13.2 Å². The number of ether oxygens (including phenoxy) is 1. The molecule has 4 nitrogen and oxygen atoms in total. The van der Waals surface area contributed by atoms with E-state index in [9.17, 15) is 9.90 Å². The molecule has 0 aromatic heterocycles. The molecular formula is C16H21NO3. The van der Waals surface area contributed by atoms with Gasteiger partial charge in [-0.3, -0.25) is 4.79 Å². The summed E-state index contributed by atoms with van der Waals surface area (Å²) in [6, 6.07) is 8.39. The first-order valence-electron chi connectivity index (χ1n) is 7.43. The minimum atomic E-state index is -0.637. The van der Waals surface area contributed by atoms with Gasteiger partial charge in [0.1, 0.15) is 5.75 Å². The highest BCUT2D eigenvalue weighted by Gasteiger charge is 2.33. The minimum absolute atomic E-state index is 0.169. The highest BCUT2D eigenvalue weighted by molar-refractivity contribution is 5.70. The second-order valence-corrected chi connectivity index (χ2v) is 5.77. The Morgan fingerprint density at radius 1 is 1.30 bits per heavy atom. The monoisotopic (exact) mass is 275 g/mol. The summed E-state index contributed by atoms with van der Waals surface area (Å²) in [7, 11) is 0. The van der Waals surface area contributed by atoms with Crippen LogP contribution in [0.5, 0.6) is 5.75 Å². The van der Waals surface area contributed by atoms with Crippen molar-refractivity contribution in [1.82, 2.24) is 5.32 Å². The van der Waals surface area contributed by atoms with Gasteiger partial charge in [0.2, 0.25) is 0 Å². The van der Waals surface area contributed by atoms with Crippen molar-refractivity contribution in [1.29, 1.82) is 0 Å². The van der Waals surface area contributed by atoms with E-state index >= 15 is 0 Å². The molecule has 1 fully saturated rings. The lowest BCUT2D eigenvalue weighted by Crippen LogP contribution is -2.33. The third-order valence-electron chi connectivity index (χ3n) is 4.56. The first-order valence-corrected chi connectivity index (χ1v) is 7.43. The molecule has 108 valence electrons. The fourth-order valence-electron chi connectivity index (χ4n) is 3.45. The molecule has 3 unspecified atom stereocenters. The van der Waals surface area contributed by atoms with Gasteiger partial charge in [0.15, 0.2) is 0 Å². The topological polar surface area (TPSA) is 58.6 Å². The smallest absolute Gasteiger partial charge is 0.306 e. The fourth-order valence-corrected chi connectivity index (χ4v) is 3.45. The Morgan fingerprint density at radius 2 is 2.15 bits per heavy atom. The first kappa shape index (κ1) is 13.4. The van der Waals surface area contributed by atoms with Crippen LogP contribution >= 0.6 is 0 Å². The van der Waals surface area contributed by atoms with Gasteiger partial charge in [-0.2, -0.15) is 0 Å². The summed E-state index contributed by atoms with van der Waals surface area (Å²) in [6.45, 7) is 1.51. The number of carboxylic acid groups (broad SMARTS) is 1. The molecule has 1 aliphatic heterocycles. The number of nitrogens with one attached hydrogen (secondary N) is 1. The van der Waals surface area contributed by atoms with Gasteiger partial charge in [-0.25, -0.2) is 0 Å². The van der Waals surface area contributed by atoms with E-state index in [2.05, 4.69) is 11.4 Å². The number of carboxylic acids is 1. The van der Waals surface area contributed by atoms with E-state index in [0.29, 0.717) is 0 Å². The number of para-hydroxylation sites is 1. The van der Waals surface area contributed by atoms with E-state index in [1.807, 2.05) is 18.2 Å². The highest BCUT2D eigenvalue weighted by atomic mass is 16.5. The van der Waals surface area contributed by atoms with Gasteiger partial charge in [-0.1, -0.05) is 24.6 Å². The molecule has 1 aromatic rings. The van der Waals surface area contributed by atoms with Crippen LogP contribution in [-0.4, -0.2) is 24.2 Å². The van der Waals surface area contributed by atoms with Gasteiger partial charge in [0.05, 0.1) is 12.5 Å². The standard InChI is InChI=1S/C16H21NO3/c18-16(19)12-6-3-4-11(12)10-17-14-8-9-20-15-7-2-1-5-13(14)15/h1-2,5,7,11-12,14,17H,3-4,6,8-10H2,(H,18,19). The number of benzene rings is 1. The number of aliphatic carboxylic acids is 1. The van der Waals surface area contributed by atoms with Gasteiger partial charge in [0, 0.05) is 18.0 Å². The highest BCUT2D eigenvalue weighted by Crippen LogP contribution is 2.34. The summed E-state index contributed by atoms with van der Waals surface area (Å²) >= 11 is 0. The molecule has 0 bridgehead atoms. The Morgan fingerprint density at radius 3 is 3.00 bits per heavy atom. The number of fused-ring (bicyclic) bond motifs is 1. The predicted octanol–water partition coefficient (Wildman–Crippen LogP) is 2.60. The number of hydrogen-bond donors (Lipinski definition) is 2. The lowest BCUT2D eigenvalue weighted by atomic mass is 9.94. The van der Waals surface area contributed by atoms with Crippen LogP contribution in [0.15, 0.2) is 24.3 Å². The summed E-state index contributed by atoms with van der Waals surface area (Å²) in [4.78, 5) is 11.2. The zero-order chi connectivity index (χ0) is 13.9. The van der Waals surface area contributed by atoms with Gasteiger partial charge in [-0.05, 0) is 31.4 Å². The van der Waals surface area contributed by atoms with Crippen molar-refractivity contribution in [3.63, 3.8) is 0 Å². The Balaban J connectivity index is 1.63. The van der Waals surface area contributed by atoms with Crippen LogP contribution in [0.3, 0.4) is 0 Å². The van der Waals surface area contributed by atoms with Crippen molar-refractivity contribution >= 4 is 5.97 Å². The van der Waals surface area contributed by atoms with Crippen LogP contribution in [0.25, 0.3) is 0 Å². The predicted molar refractivity (Wildman–Crippen MR) is 75.8 cm³/mol.